The Kier molecular flexibility index (Phi) is 9.79. The molecule has 0 aromatic carbocycles. The standard InChI is InChI=1S/C20H35/c1-4-7-10-13-18-16-17-19(14-11-8-5-2)20(18)15-12-9-6-3/h4-16H2,1-3H3. The molecule has 0 aliphatic heterocycles. The van der Waals surface area contributed by atoms with Crippen LogP contribution in [0.15, 0.2) is 16.7 Å². The largest absolute Gasteiger partial charge is 0.0654 e. The second kappa shape index (κ2) is 11.2. The summed E-state index contributed by atoms with van der Waals surface area (Å²) < 4.78 is 0. The van der Waals surface area contributed by atoms with E-state index in [4.69, 9.17) is 0 Å². The van der Waals surface area contributed by atoms with Crippen molar-refractivity contribution in [3.05, 3.63) is 22.8 Å². The molecule has 0 fully saturated rings. The molecule has 1 radical (unpaired) electrons. The third-order valence-electron chi connectivity index (χ3n) is 4.45. The molecule has 115 valence electrons. The highest BCUT2D eigenvalue weighted by Gasteiger charge is 2.16. The number of allylic oxidation sites excluding steroid dienone is 4. The van der Waals surface area contributed by atoms with Crippen molar-refractivity contribution in [2.75, 3.05) is 0 Å². The van der Waals surface area contributed by atoms with Crippen molar-refractivity contribution in [2.24, 2.45) is 0 Å². The SMILES string of the molecule is CCCCCC1=[C]CC(CCCCC)=C1CCCCC. The van der Waals surface area contributed by atoms with Crippen molar-refractivity contribution in [3.8, 4) is 0 Å². The predicted molar refractivity (Wildman–Crippen MR) is 90.8 cm³/mol. The Hall–Kier alpha value is -0.520. The molecule has 1 rings (SSSR count). The van der Waals surface area contributed by atoms with Crippen molar-refractivity contribution >= 4 is 0 Å². The quantitative estimate of drug-likeness (QED) is 0.331. The molecule has 20 heavy (non-hydrogen) atoms. The Morgan fingerprint density at radius 3 is 1.85 bits per heavy atom. The number of hydrogen-bond acceptors (Lipinski definition) is 0. The molecule has 0 heteroatoms. The zero-order valence-corrected chi connectivity index (χ0v) is 14.2. The Morgan fingerprint density at radius 2 is 1.25 bits per heavy atom. The maximum atomic E-state index is 3.71. The lowest BCUT2D eigenvalue weighted by Gasteiger charge is -2.12. The zero-order valence-electron chi connectivity index (χ0n) is 14.2. The molecule has 1 aliphatic rings. The first kappa shape index (κ1) is 17.5. The van der Waals surface area contributed by atoms with E-state index in [1.807, 2.05) is 0 Å². The van der Waals surface area contributed by atoms with Gasteiger partial charge in [0, 0.05) is 0 Å². The summed E-state index contributed by atoms with van der Waals surface area (Å²) in [4.78, 5) is 0. The normalized spacial score (nSPS) is 15.1. The molecule has 0 amide bonds. The van der Waals surface area contributed by atoms with Crippen molar-refractivity contribution in [3.63, 3.8) is 0 Å². The Labute approximate surface area is 127 Å². The maximum absolute atomic E-state index is 3.71. The first-order valence-electron chi connectivity index (χ1n) is 9.14. The van der Waals surface area contributed by atoms with Gasteiger partial charge in [0.25, 0.3) is 0 Å². The van der Waals surface area contributed by atoms with Crippen LogP contribution in [0.25, 0.3) is 0 Å². The molecular formula is C20H35. The fourth-order valence-electron chi connectivity index (χ4n) is 3.14. The monoisotopic (exact) mass is 275 g/mol. The van der Waals surface area contributed by atoms with E-state index in [1.165, 1.54) is 77.0 Å². The molecule has 0 heterocycles. The summed E-state index contributed by atoms with van der Waals surface area (Å²) in [5, 5.41) is 0. The van der Waals surface area contributed by atoms with Gasteiger partial charge >= 0.3 is 0 Å². The molecule has 0 spiro atoms. The van der Waals surface area contributed by atoms with E-state index in [9.17, 15) is 0 Å². The van der Waals surface area contributed by atoms with E-state index in [0.717, 1.165) is 6.42 Å². The first-order valence-corrected chi connectivity index (χ1v) is 9.14. The minimum Gasteiger partial charge on any atom is -0.0654 e. The van der Waals surface area contributed by atoms with Crippen molar-refractivity contribution in [1.82, 2.24) is 0 Å². The molecule has 1 aliphatic carbocycles. The molecule has 0 bridgehead atoms. The summed E-state index contributed by atoms with van der Waals surface area (Å²) in [6, 6.07) is 0. The van der Waals surface area contributed by atoms with Crippen LogP contribution in [0.1, 0.15) is 104 Å². The molecule has 0 nitrogen and oxygen atoms in total. The predicted octanol–water partition coefficient (Wildman–Crippen LogP) is 7.16. The van der Waals surface area contributed by atoms with Crippen LogP contribution in [0.2, 0.25) is 0 Å². The summed E-state index contributed by atoms with van der Waals surface area (Å²) in [6.45, 7) is 6.89. The van der Waals surface area contributed by atoms with Gasteiger partial charge in [0.05, 0.1) is 0 Å². The number of unbranched alkanes of at least 4 members (excludes halogenated alkanes) is 6. The molecule has 0 saturated heterocycles. The van der Waals surface area contributed by atoms with Gasteiger partial charge in [-0.15, -0.1) is 0 Å². The fourth-order valence-corrected chi connectivity index (χ4v) is 3.14. The minimum atomic E-state index is 1.15. The third-order valence-corrected chi connectivity index (χ3v) is 4.45. The highest BCUT2D eigenvalue weighted by molar-refractivity contribution is 5.40. The lowest BCUT2D eigenvalue weighted by Crippen LogP contribution is -1.93. The molecule has 0 saturated carbocycles. The summed E-state index contributed by atoms with van der Waals surface area (Å²) in [7, 11) is 0. The highest BCUT2D eigenvalue weighted by atomic mass is 14.2. The van der Waals surface area contributed by atoms with Crippen LogP contribution in [0.4, 0.5) is 0 Å². The Bertz CT molecular complexity index is 306. The third kappa shape index (κ3) is 6.29. The molecule has 0 N–H and O–H groups in total. The number of rotatable bonds is 12. The van der Waals surface area contributed by atoms with Gasteiger partial charge in [0.1, 0.15) is 0 Å². The van der Waals surface area contributed by atoms with Crippen molar-refractivity contribution < 1.29 is 0 Å². The second-order valence-corrected chi connectivity index (χ2v) is 6.29. The van der Waals surface area contributed by atoms with Crippen molar-refractivity contribution in [1.29, 1.82) is 0 Å². The lowest BCUT2D eigenvalue weighted by molar-refractivity contribution is 0.678. The van der Waals surface area contributed by atoms with E-state index in [1.54, 1.807) is 16.7 Å². The van der Waals surface area contributed by atoms with Crippen LogP contribution in [0.3, 0.4) is 0 Å². The minimum absolute atomic E-state index is 1.15. The van der Waals surface area contributed by atoms with E-state index < -0.39 is 0 Å². The summed E-state index contributed by atoms with van der Waals surface area (Å²) in [5.41, 5.74) is 5.06. The highest BCUT2D eigenvalue weighted by Crippen LogP contribution is 2.35. The summed E-state index contributed by atoms with van der Waals surface area (Å²) >= 11 is 0. The van der Waals surface area contributed by atoms with Crippen LogP contribution in [-0.2, 0) is 0 Å². The van der Waals surface area contributed by atoms with Gasteiger partial charge in [-0.1, -0.05) is 64.9 Å². The molecule has 0 atom stereocenters. The van der Waals surface area contributed by atoms with Gasteiger partial charge in [-0.3, -0.25) is 0 Å². The molecule has 0 aromatic rings. The van der Waals surface area contributed by atoms with Gasteiger partial charge < -0.3 is 0 Å². The second-order valence-electron chi connectivity index (χ2n) is 6.29. The van der Waals surface area contributed by atoms with E-state index in [2.05, 4.69) is 26.8 Å². The average molecular weight is 275 g/mol. The van der Waals surface area contributed by atoms with Crippen LogP contribution < -0.4 is 0 Å². The van der Waals surface area contributed by atoms with Gasteiger partial charge in [-0.05, 0) is 62.2 Å². The molecule has 0 aromatic heterocycles. The Morgan fingerprint density at radius 1 is 0.700 bits per heavy atom. The number of hydrogen-bond donors (Lipinski definition) is 0. The smallest absolute Gasteiger partial charge is 0.00554 e. The molecular weight excluding hydrogens is 240 g/mol. The fraction of sp³-hybridized carbons (Fsp3) is 0.800. The van der Waals surface area contributed by atoms with Crippen LogP contribution in [-0.4, -0.2) is 0 Å². The van der Waals surface area contributed by atoms with Crippen LogP contribution in [0.5, 0.6) is 0 Å². The average Bonchev–Trinajstić information content (AvgIpc) is 2.83. The van der Waals surface area contributed by atoms with Gasteiger partial charge in [-0.2, -0.15) is 0 Å². The van der Waals surface area contributed by atoms with E-state index in [-0.39, 0.29) is 0 Å². The van der Waals surface area contributed by atoms with Crippen molar-refractivity contribution in [2.45, 2.75) is 104 Å². The lowest BCUT2D eigenvalue weighted by atomic mass is 9.93. The van der Waals surface area contributed by atoms with E-state index in [0.29, 0.717) is 0 Å². The first-order chi connectivity index (χ1) is 9.83. The Balaban J connectivity index is 2.53. The van der Waals surface area contributed by atoms with Gasteiger partial charge in [0.2, 0.25) is 0 Å². The topological polar surface area (TPSA) is 0 Å². The maximum Gasteiger partial charge on any atom is -0.00554 e. The zero-order chi connectivity index (χ0) is 14.6. The summed E-state index contributed by atoms with van der Waals surface area (Å²) in [6.07, 6.45) is 21.0. The molecule has 0 unspecified atom stereocenters. The van der Waals surface area contributed by atoms with Crippen LogP contribution in [0, 0.1) is 6.08 Å². The van der Waals surface area contributed by atoms with Gasteiger partial charge in [0.15, 0.2) is 0 Å². The van der Waals surface area contributed by atoms with Crippen LogP contribution >= 0.6 is 0 Å². The van der Waals surface area contributed by atoms with E-state index >= 15 is 0 Å². The summed E-state index contributed by atoms with van der Waals surface area (Å²) in [5.74, 6) is 0. The van der Waals surface area contributed by atoms with Gasteiger partial charge in [-0.25, -0.2) is 0 Å².